The van der Waals surface area contributed by atoms with Gasteiger partial charge in [-0.3, -0.25) is 4.79 Å². The van der Waals surface area contributed by atoms with Crippen LogP contribution >= 0.6 is 11.3 Å². The highest BCUT2D eigenvalue weighted by molar-refractivity contribution is 7.09. The zero-order chi connectivity index (χ0) is 17.5. The van der Waals surface area contributed by atoms with Crippen LogP contribution in [0.15, 0.2) is 64.6 Å². The molecular weight excluding hydrogens is 334 g/mol. The standard InChI is InChI=1S/C20H21NO3S/c1-16-6-8-17(9-7-16)24-12-10-20(22)21(14-18-4-2-11-23-18)15-19-5-3-13-25-19/h2-9,11,13H,10,12,14-15H2,1H3. The van der Waals surface area contributed by atoms with Crippen molar-refractivity contribution in [3.63, 3.8) is 0 Å². The molecule has 25 heavy (non-hydrogen) atoms. The van der Waals surface area contributed by atoms with Crippen molar-refractivity contribution in [2.24, 2.45) is 0 Å². The summed E-state index contributed by atoms with van der Waals surface area (Å²) in [5, 5.41) is 2.02. The Morgan fingerprint density at radius 1 is 1.12 bits per heavy atom. The summed E-state index contributed by atoms with van der Waals surface area (Å²) in [4.78, 5) is 15.6. The number of furan rings is 1. The van der Waals surface area contributed by atoms with Gasteiger partial charge in [0.05, 0.1) is 32.4 Å². The molecule has 1 amide bonds. The van der Waals surface area contributed by atoms with E-state index in [1.165, 1.54) is 5.56 Å². The molecule has 2 aromatic heterocycles. The highest BCUT2D eigenvalue weighted by Gasteiger charge is 2.16. The molecule has 0 N–H and O–H groups in total. The van der Waals surface area contributed by atoms with E-state index in [1.807, 2.05) is 65.7 Å². The number of aryl methyl sites for hydroxylation is 1. The zero-order valence-electron chi connectivity index (χ0n) is 14.2. The fourth-order valence-corrected chi connectivity index (χ4v) is 3.18. The second-order valence-electron chi connectivity index (χ2n) is 5.82. The first-order valence-electron chi connectivity index (χ1n) is 8.23. The van der Waals surface area contributed by atoms with Gasteiger partial charge in [-0.15, -0.1) is 11.3 Å². The van der Waals surface area contributed by atoms with Crippen LogP contribution in [0.4, 0.5) is 0 Å². The SMILES string of the molecule is Cc1ccc(OCCC(=O)N(Cc2ccco2)Cc2cccs2)cc1. The van der Waals surface area contributed by atoms with Gasteiger partial charge in [-0.2, -0.15) is 0 Å². The summed E-state index contributed by atoms with van der Waals surface area (Å²) in [6.45, 7) is 3.45. The Labute approximate surface area is 151 Å². The number of benzene rings is 1. The first kappa shape index (κ1) is 17.3. The molecule has 0 aliphatic rings. The first-order chi connectivity index (χ1) is 12.2. The van der Waals surface area contributed by atoms with Crippen molar-refractivity contribution in [2.75, 3.05) is 6.61 Å². The summed E-state index contributed by atoms with van der Waals surface area (Å²) in [5.41, 5.74) is 1.18. The van der Waals surface area contributed by atoms with Crippen molar-refractivity contribution in [1.82, 2.24) is 4.90 Å². The van der Waals surface area contributed by atoms with Crippen molar-refractivity contribution in [1.29, 1.82) is 0 Å². The molecule has 5 heteroatoms. The topological polar surface area (TPSA) is 42.7 Å². The van der Waals surface area contributed by atoms with Gasteiger partial charge < -0.3 is 14.1 Å². The Bertz CT molecular complexity index is 728. The molecule has 0 saturated heterocycles. The summed E-state index contributed by atoms with van der Waals surface area (Å²) in [6, 6.07) is 15.6. The van der Waals surface area contributed by atoms with Crippen LogP contribution in [0.3, 0.4) is 0 Å². The Kier molecular flexibility index (Phi) is 5.90. The van der Waals surface area contributed by atoms with Gasteiger partial charge in [-0.05, 0) is 42.6 Å². The zero-order valence-corrected chi connectivity index (χ0v) is 15.0. The molecule has 130 valence electrons. The van der Waals surface area contributed by atoms with Gasteiger partial charge in [0.25, 0.3) is 0 Å². The first-order valence-corrected chi connectivity index (χ1v) is 9.11. The molecule has 4 nitrogen and oxygen atoms in total. The van der Waals surface area contributed by atoms with Crippen molar-refractivity contribution in [3.8, 4) is 5.75 Å². The van der Waals surface area contributed by atoms with Crippen LogP contribution in [0.25, 0.3) is 0 Å². The van der Waals surface area contributed by atoms with E-state index < -0.39 is 0 Å². The van der Waals surface area contributed by atoms with Crippen molar-refractivity contribution >= 4 is 17.2 Å². The molecule has 2 heterocycles. The van der Waals surface area contributed by atoms with E-state index in [2.05, 4.69) is 0 Å². The maximum absolute atomic E-state index is 12.6. The predicted molar refractivity (Wildman–Crippen MR) is 98.6 cm³/mol. The maximum atomic E-state index is 12.6. The second kappa shape index (κ2) is 8.53. The number of ether oxygens (including phenoxy) is 1. The van der Waals surface area contributed by atoms with Gasteiger partial charge in [-0.25, -0.2) is 0 Å². The van der Waals surface area contributed by atoms with E-state index in [-0.39, 0.29) is 5.91 Å². The molecular formula is C20H21NO3S. The van der Waals surface area contributed by atoms with Gasteiger partial charge in [0, 0.05) is 4.88 Å². The quantitative estimate of drug-likeness (QED) is 0.591. The molecule has 0 aliphatic heterocycles. The Morgan fingerprint density at radius 3 is 2.64 bits per heavy atom. The number of rotatable bonds is 8. The lowest BCUT2D eigenvalue weighted by Crippen LogP contribution is -2.30. The van der Waals surface area contributed by atoms with Crippen LogP contribution in [-0.4, -0.2) is 17.4 Å². The van der Waals surface area contributed by atoms with Crippen LogP contribution in [0.1, 0.15) is 22.6 Å². The molecule has 1 aromatic carbocycles. The summed E-state index contributed by atoms with van der Waals surface area (Å²) < 4.78 is 11.1. The average Bonchev–Trinajstić information content (AvgIpc) is 3.30. The number of carbonyl (C=O) groups is 1. The number of nitrogens with zero attached hydrogens (tertiary/aromatic N) is 1. The van der Waals surface area contributed by atoms with E-state index in [4.69, 9.17) is 9.15 Å². The van der Waals surface area contributed by atoms with E-state index in [0.29, 0.717) is 26.1 Å². The number of thiophene rings is 1. The summed E-state index contributed by atoms with van der Waals surface area (Å²) in [6.07, 6.45) is 1.96. The fourth-order valence-electron chi connectivity index (χ4n) is 2.46. The van der Waals surface area contributed by atoms with E-state index in [9.17, 15) is 4.79 Å². The number of hydrogen-bond donors (Lipinski definition) is 0. The smallest absolute Gasteiger partial charge is 0.226 e. The van der Waals surface area contributed by atoms with Crippen LogP contribution in [-0.2, 0) is 17.9 Å². The van der Waals surface area contributed by atoms with Crippen LogP contribution < -0.4 is 4.74 Å². The number of amides is 1. The minimum atomic E-state index is 0.0527. The molecule has 0 spiro atoms. The Morgan fingerprint density at radius 2 is 1.96 bits per heavy atom. The maximum Gasteiger partial charge on any atom is 0.226 e. The molecule has 3 aromatic rings. The molecule has 0 bridgehead atoms. The lowest BCUT2D eigenvalue weighted by Gasteiger charge is -2.21. The minimum Gasteiger partial charge on any atom is -0.493 e. The highest BCUT2D eigenvalue weighted by Crippen LogP contribution is 2.16. The van der Waals surface area contributed by atoms with Crippen LogP contribution in [0.5, 0.6) is 5.75 Å². The highest BCUT2D eigenvalue weighted by atomic mass is 32.1. The predicted octanol–water partition coefficient (Wildman–Crippen LogP) is 4.65. The summed E-state index contributed by atoms with van der Waals surface area (Å²) >= 11 is 1.65. The lowest BCUT2D eigenvalue weighted by molar-refractivity contribution is -0.133. The Balaban J connectivity index is 1.56. The average molecular weight is 355 g/mol. The largest absolute Gasteiger partial charge is 0.493 e. The molecule has 0 atom stereocenters. The fraction of sp³-hybridized carbons (Fsp3) is 0.250. The van der Waals surface area contributed by atoms with E-state index in [1.54, 1.807) is 17.6 Å². The third-order valence-corrected chi connectivity index (χ3v) is 4.67. The monoisotopic (exact) mass is 355 g/mol. The van der Waals surface area contributed by atoms with Crippen molar-refractivity contribution in [2.45, 2.75) is 26.4 Å². The van der Waals surface area contributed by atoms with Gasteiger partial charge in [0.1, 0.15) is 11.5 Å². The van der Waals surface area contributed by atoms with Gasteiger partial charge in [-0.1, -0.05) is 23.8 Å². The van der Waals surface area contributed by atoms with Crippen LogP contribution in [0, 0.1) is 6.92 Å². The summed E-state index contributed by atoms with van der Waals surface area (Å²) in [7, 11) is 0. The van der Waals surface area contributed by atoms with E-state index in [0.717, 1.165) is 16.4 Å². The third-order valence-electron chi connectivity index (χ3n) is 3.81. The van der Waals surface area contributed by atoms with Gasteiger partial charge in [0.2, 0.25) is 5.91 Å². The third kappa shape index (κ3) is 5.22. The van der Waals surface area contributed by atoms with Crippen molar-refractivity contribution in [3.05, 3.63) is 76.4 Å². The lowest BCUT2D eigenvalue weighted by atomic mass is 10.2. The summed E-state index contributed by atoms with van der Waals surface area (Å²) in [5.74, 6) is 1.62. The minimum absolute atomic E-state index is 0.0527. The second-order valence-corrected chi connectivity index (χ2v) is 6.85. The normalized spacial score (nSPS) is 10.6. The Hall–Kier alpha value is -2.53. The van der Waals surface area contributed by atoms with E-state index >= 15 is 0 Å². The molecule has 3 rings (SSSR count). The number of hydrogen-bond acceptors (Lipinski definition) is 4. The van der Waals surface area contributed by atoms with Gasteiger partial charge in [0.15, 0.2) is 0 Å². The molecule has 0 aliphatic carbocycles. The number of carbonyl (C=O) groups excluding carboxylic acids is 1. The molecule has 0 fully saturated rings. The molecule has 0 saturated carbocycles. The van der Waals surface area contributed by atoms with Crippen molar-refractivity contribution < 1.29 is 13.9 Å². The molecule has 0 radical (unpaired) electrons. The van der Waals surface area contributed by atoms with Gasteiger partial charge >= 0.3 is 0 Å². The molecule has 0 unspecified atom stereocenters. The van der Waals surface area contributed by atoms with Crippen LogP contribution in [0.2, 0.25) is 0 Å².